The largest absolute Gasteiger partial charge is 0.264 e. The van der Waals surface area contributed by atoms with Crippen molar-refractivity contribution in [2.75, 3.05) is 0 Å². The van der Waals surface area contributed by atoms with Gasteiger partial charge in [0.1, 0.15) is 0 Å². The zero-order valence-corrected chi connectivity index (χ0v) is 18.7. The van der Waals surface area contributed by atoms with Crippen molar-refractivity contribution in [2.24, 2.45) is 0 Å². The average Bonchev–Trinajstić information content (AvgIpc) is 3.48. The zero-order valence-electron chi connectivity index (χ0n) is 18.7. The molecule has 2 heteroatoms. The molecule has 8 rings (SSSR count). The molecule has 4 aromatic carbocycles. The Kier molecular flexibility index (Phi) is 4.31. The third-order valence-electron chi connectivity index (χ3n) is 7.15. The lowest BCUT2D eigenvalue weighted by molar-refractivity contribution is 1.26. The Morgan fingerprint density at radius 2 is 1.24 bits per heavy atom. The molecule has 160 valence electrons. The van der Waals surface area contributed by atoms with E-state index in [4.69, 9.17) is 0 Å². The van der Waals surface area contributed by atoms with Crippen molar-refractivity contribution in [3.05, 3.63) is 132 Å². The van der Waals surface area contributed by atoms with Crippen LogP contribution in [0.2, 0.25) is 0 Å². The summed E-state index contributed by atoms with van der Waals surface area (Å²) < 4.78 is 0. The van der Waals surface area contributed by atoms with Gasteiger partial charge in [0.2, 0.25) is 0 Å². The summed E-state index contributed by atoms with van der Waals surface area (Å²) in [5.41, 5.74) is 10.9. The molecule has 0 unspecified atom stereocenters. The molecule has 0 spiro atoms. The zero-order chi connectivity index (χ0) is 22.5. The highest BCUT2D eigenvalue weighted by Crippen LogP contribution is 2.40. The molecule has 0 saturated heterocycles. The third kappa shape index (κ3) is 2.96. The van der Waals surface area contributed by atoms with Crippen LogP contribution in [-0.4, -0.2) is 9.97 Å². The predicted molar refractivity (Wildman–Crippen MR) is 140 cm³/mol. The second-order valence-electron chi connectivity index (χ2n) is 9.03. The van der Waals surface area contributed by atoms with Gasteiger partial charge in [0.25, 0.3) is 0 Å². The second-order valence-corrected chi connectivity index (χ2v) is 9.03. The Balaban J connectivity index is 0.000000118. The van der Waals surface area contributed by atoms with Gasteiger partial charge in [0, 0.05) is 41.3 Å². The average molecular weight is 435 g/mol. The monoisotopic (exact) mass is 434 g/mol. The number of rotatable bonds is 0. The van der Waals surface area contributed by atoms with E-state index < -0.39 is 0 Å². The fourth-order valence-electron chi connectivity index (χ4n) is 5.52. The Morgan fingerprint density at radius 3 is 2.15 bits per heavy atom. The number of nitrogens with zero attached hydrogens (tertiary/aromatic N) is 2. The van der Waals surface area contributed by atoms with Gasteiger partial charge in [-0.15, -0.1) is 0 Å². The number of pyridine rings is 2. The number of benzene rings is 4. The minimum absolute atomic E-state index is 1.01. The molecule has 0 bridgehead atoms. The molecule has 0 amide bonds. The number of hydrogen-bond acceptors (Lipinski definition) is 2. The maximum absolute atomic E-state index is 4.63. The summed E-state index contributed by atoms with van der Waals surface area (Å²) >= 11 is 0. The lowest BCUT2D eigenvalue weighted by atomic mass is 10.0. The predicted octanol–water partition coefficient (Wildman–Crippen LogP) is 7.61. The van der Waals surface area contributed by atoms with Crippen LogP contribution >= 0.6 is 0 Å². The van der Waals surface area contributed by atoms with Crippen molar-refractivity contribution < 1.29 is 0 Å². The summed E-state index contributed by atoms with van der Waals surface area (Å²) in [5.74, 6) is 0. The summed E-state index contributed by atoms with van der Waals surface area (Å²) in [6.07, 6.45) is 7.88. The van der Waals surface area contributed by atoms with Crippen LogP contribution in [0.25, 0.3) is 43.9 Å². The lowest BCUT2D eigenvalue weighted by Gasteiger charge is -2.04. The van der Waals surface area contributed by atoms with Crippen LogP contribution in [0.15, 0.2) is 110 Å². The molecule has 2 aliphatic rings. The minimum atomic E-state index is 1.01. The van der Waals surface area contributed by atoms with Crippen molar-refractivity contribution in [1.82, 2.24) is 9.97 Å². The van der Waals surface area contributed by atoms with Crippen LogP contribution in [0.3, 0.4) is 0 Å². The highest BCUT2D eigenvalue weighted by Gasteiger charge is 2.21. The topological polar surface area (TPSA) is 25.8 Å². The molecule has 0 radical (unpaired) electrons. The first-order chi connectivity index (χ1) is 16.9. The molecule has 0 aliphatic heterocycles. The number of aromatic nitrogens is 2. The maximum Gasteiger partial charge on any atom is 0.0746 e. The molecule has 0 fully saturated rings. The van der Waals surface area contributed by atoms with Gasteiger partial charge >= 0.3 is 0 Å². The molecule has 2 heterocycles. The maximum atomic E-state index is 4.63. The van der Waals surface area contributed by atoms with E-state index in [2.05, 4.69) is 101 Å². The van der Waals surface area contributed by atoms with Gasteiger partial charge in [-0.1, -0.05) is 84.9 Å². The van der Waals surface area contributed by atoms with Gasteiger partial charge in [0.05, 0.1) is 5.69 Å². The summed E-state index contributed by atoms with van der Waals surface area (Å²) in [7, 11) is 0. The van der Waals surface area contributed by atoms with Crippen molar-refractivity contribution in [2.45, 2.75) is 12.8 Å². The van der Waals surface area contributed by atoms with Crippen LogP contribution in [-0.2, 0) is 12.8 Å². The van der Waals surface area contributed by atoms with Crippen molar-refractivity contribution in [3.63, 3.8) is 0 Å². The standard InChI is InChI=1S/2C16H11N/c1-4-8-14-11(5-1)9-15-13-7-3-2-6-12(13)10-17-16(14)15;1-2-4-13-12(3-1)9-15-14(13)6-5-11-7-8-17-10-16(11)15/h2*1-8,10H,9H2. The Morgan fingerprint density at radius 1 is 0.500 bits per heavy atom. The van der Waals surface area contributed by atoms with Gasteiger partial charge in [-0.2, -0.15) is 0 Å². The van der Waals surface area contributed by atoms with Gasteiger partial charge in [0.15, 0.2) is 0 Å². The van der Waals surface area contributed by atoms with E-state index in [0.717, 1.165) is 12.8 Å². The fraction of sp³-hybridized carbons (Fsp3) is 0.0625. The van der Waals surface area contributed by atoms with Crippen molar-refractivity contribution in [3.8, 4) is 22.4 Å². The molecular formula is C32H22N2. The molecule has 2 nitrogen and oxygen atoms in total. The molecule has 34 heavy (non-hydrogen) atoms. The summed E-state index contributed by atoms with van der Waals surface area (Å²) in [4.78, 5) is 8.88. The van der Waals surface area contributed by atoms with E-state index in [1.165, 1.54) is 66.2 Å². The van der Waals surface area contributed by atoms with E-state index in [-0.39, 0.29) is 0 Å². The first kappa shape index (κ1) is 19.2. The van der Waals surface area contributed by atoms with E-state index in [9.17, 15) is 0 Å². The van der Waals surface area contributed by atoms with Crippen LogP contribution in [0.1, 0.15) is 22.3 Å². The molecule has 2 aromatic heterocycles. The van der Waals surface area contributed by atoms with Crippen LogP contribution < -0.4 is 0 Å². The normalized spacial score (nSPS) is 12.5. The van der Waals surface area contributed by atoms with E-state index >= 15 is 0 Å². The molecule has 2 aliphatic carbocycles. The Bertz CT molecular complexity index is 1590. The van der Waals surface area contributed by atoms with E-state index in [1.807, 2.05) is 18.6 Å². The minimum Gasteiger partial charge on any atom is -0.264 e. The molecule has 0 atom stereocenters. The Labute approximate surface area is 198 Å². The second kappa shape index (κ2) is 7.64. The first-order valence-electron chi connectivity index (χ1n) is 11.8. The van der Waals surface area contributed by atoms with E-state index in [1.54, 1.807) is 0 Å². The van der Waals surface area contributed by atoms with Crippen LogP contribution in [0, 0.1) is 0 Å². The molecule has 6 aromatic rings. The van der Waals surface area contributed by atoms with Gasteiger partial charge < -0.3 is 0 Å². The van der Waals surface area contributed by atoms with Gasteiger partial charge in [-0.25, -0.2) is 0 Å². The smallest absolute Gasteiger partial charge is 0.0746 e. The summed E-state index contributed by atoms with van der Waals surface area (Å²) in [6.45, 7) is 0. The molecule has 0 saturated carbocycles. The SMILES string of the molecule is c1ccc2c(c1)Cc1c-2ccc2ccncc12.c1ccc2c(c1)Cc1c-2ncc2ccccc12. The van der Waals surface area contributed by atoms with Crippen molar-refractivity contribution in [1.29, 1.82) is 0 Å². The highest BCUT2D eigenvalue weighted by molar-refractivity contribution is 5.95. The quantitative estimate of drug-likeness (QED) is 0.245. The number of hydrogen-bond donors (Lipinski definition) is 0. The molecule has 0 N–H and O–H groups in total. The summed E-state index contributed by atoms with van der Waals surface area (Å²) in [5, 5.41) is 5.15. The number of fused-ring (bicyclic) bond motifs is 10. The van der Waals surface area contributed by atoms with Crippen molar-refractivity contribution >= 4 is 21.5 Å². The van der Waals surface area contributed by atoms with Crippen LogP contribution in [0.5, 0.6) is 0 Å². The lowest BCUT2D eigenvalue weighted by Crippen LogP contribution is -1.86. The van der Waals surface area contributed by atoms with E-state index in [0.29, 0.717) is 0 Å². The Hall–Kier alpha value is -4.30. The summed E-state index contributed by atoms with van der Waals surface area (Å²) in [6, 6.07) is 32.2. The highest BCUT2D eigenvalue weighted by atomic mass is 14.7. The van der Waals surface area contributed by atoms with Gasteiger partial charge in [-0.3, -0.25) is 9.97 Å². The first-order valence-corrected chi connectivity index (χ1v) is 11.8. The van der Waals surface area contributed by atoms with Crippen LogP contribution in [0.4, 0.5) is 0 Å². The molecular weight excluding hydrogens is 412 g/mol. The fourth-order valence-corrected chi connectivity index (χ4v) is 5.52. The van der Waals surface area contributed by atoms with Gasteiger partial charge in [-0.05, 0) is 56.6 Å². The third-order valence-corrected chi connectivity index (χ3v) is 7.15.